The van der Waals surface area contributed by atoms with Gasteiger partial charge in [-0.2, -0.15) is 5.10 Å². The molecule has 1 aliphatic heterocycles. The van der Waals surface area contributed by atoms with Gasteiger partial charge in [-0.1, -0.05) is 23.7 Å². The Kier molecular flexibility index (Phi) is 4.36. The maximum Gasteiger partial charge on any atom is 0.275 e. The van der Waals surface area contributed by atoms with E-state index < -0.39 is 0 Å². The van der Waals surface area contributed by atoms with Gasteiger partial charge >= 0.3 is 0 Å². The Labute approximate surface area is 162 Å². The zero-order valence-electron chi connectivity index (χ0n) is 15.3. The fraction of sp³-hybridized carbons (Fsp3) is 0.250. The van der Waals surface area contributed by atoms with Crippen LogP contribution in [-0.2, 0) is 6.54 Å². The van der Waals surface area contributed by atoms with Crippen LogP contribution in [0.15, 0.2) is 42.6 Å². The summed E-state index contributed by atoms with van der Waals surface area (Å²) in [4.78, 5) is 19.0. The van der Waals surface area contributed by atoms with Crippen LogP contribution in [0.5, 0.6) is 5.88 Å². The number of aromatic nitrogens is 3. The number of methoxy groups -OCH3 is 1. The smallest absolute Gasteiger partial charge is 0.275 e. The van der Waals surface area contributed by atoms with E-state index in [1.54, 1.807) is 24.1 Å². The number of fused-ring (bicyclic) bond motifs is 1. The Bertz CT molecular complexity index is 1010. The number of para-hydroxylation sites is 1. The third-order valence-corrected chi connectivity index (χ3v) is 5.02. The third kappa shape index (κ3) is 2.86. The quantitative estimate of drug-likeness (QED) is 0.685. The van der Waals surface area contributed by atoms with Crippen molar-refractivity contribution in [2.75, 3.05) is 7.11 Å². The van der Waals surface area contributed by atoms with Gasteiger partial charge in [0.15, 0.2) is 5.69 Å². The summed E-state index contributed by atoms with van der Waals surface area (Å²) in [5.41, 5.74) is 3.76. The van der Waals surface area contributed by atoms with Gasteiger partial charge in [0.25, 0.3) is 5.91 Å². The molecule has 0 atom stereocenters. The Morgan fingerprint density at radius 2 is 1.96 bits per heavy atom. The number of amides is 1. The topological polar surface area (TPSA) is 60.3 Å². The molecule has 0 radical (unpaired) electrons. The monoisotopic (exact) mass is 382 g/mol. The van der Waals surface area contributed by atoms with Crippen molar-refractivity contribution in [3.8, 4) is 22.8 Å². The molecule has 0 saturated carbocycles. The molecule has 1 amide bonds. The lowest BCUT2D eigenvalue weighted by atomic mass is 10.1. The number of rotatable bonds is 4. The number of hydrogen-bond donors (Lipinski definition) is 0. The highest BCUT2D eigenvalue weighted by molar-refractivity contribution is 6.32. The average Bonchev–Trinajstić information content (AvgIpc) is 3.19. The van der Waals surface area contributed by atoms with E-state index in [4.69, 9.17) is 16.3 Å². The van der Waals surface area contributed by atoms with Crippen LogP contribution < -0.4 is 4.74 Å². The number of ether oxygens (including phenoxy) is 1. The molecule has 4 rings (SSSR count). The summed E-state index contributed by atoms with van der Waals surface area (Å²) >= 11 is 6.41. The molecule has 0 fully saturated rings. The van der Waals surface area contributed by atoms with E-state index in [-0.39, 0.29) is 11.9 Å². The predicted molar refractivity (Wildman–Crippen MR) is 103 cm³/mol. The Hall–Kier alpha value is -2.86. The number of carbonyl (C=O) groups is 1. The minimum absolute atomic E-state index is 0.0616. The summed E-state index contributed by atoms with van der Waals surface area (Å²) in [6.45, 7) is 4.51. The van der Waals surface area contributed by atoms with Crippen molar-refractivity contribution in [2.45, 2.75) is 26.4 Å². The van der Waals surface area contributed by atoms with E-state index in [0.29, 0.717) is 23.1 Å². The lowest BCUT2D eigenvalue weighted by molar-refractivity contribution is 0.0724. The number of benzene rings is 1. The van der Waals surface area contributed by atoms with E-state index in [0.717, 1.165) is 22.5 Å². The zero-order chi connectivity index (χ0) is 19.1. The van der Waals surface area contributed by atoms with Crippen molar-refractivity contribution < 1.29 is 9.53 Å². The van der Waals surface area contributed by atoms with Gasteiger partial charge in [-0.3, -0.25) is 4.79 Å². The first kappa shape index (κ1) is 17.5. The van der Waals surface area contributed by atoms with Crippen LogP contribution in [0.3, 0.4) is 0 Å². The molecule has 3 aromatic rings. The van der Waals surface area contributed by atoms with Crippen molar-refractivity contribution in [3.63, 3.8) is 0 Å². The van der Waals surface area contributed by atoms with Gasteiger partial charge in [0.1, 0.15) is 0 Å². The maximum absolute atomic E-state index is 12.8. The van der Waals surface area contributed by atoms with Crippen molar-refractivity contribution in [3.05, 3.63) is 58.9 Å². The van der Waals surface area contributed by atoms with Gasteiger partial charge < -0.3 is 9.64 Å². The van der Waals surface area contributed by atoms with Crippen LogP contribution in [0.2, 0.25) is 5.02 Å². The van der Waals surface area contributed by atoms with Gasteiger partial charge in [-0.25, -0.2) is 9.67 Å². The molecular formula is C20H19ClN4O2. The van der Waals surface area contributed by atoms with Gasteiger partial charge in [0, 0.05) is 29.4 Å². The van der Waals surface area contributed by atoms with Crippen LogP contribution in [0.4, 0.5) is 0 Å². The van der Waals surface area contributed by atoms with E-state index in [1.807, 2.05) is 49.1 Å². The lowest BCUT2D eigenvalue weighted by Gasteiger charge is -2.21. The molecule has 0 bridgehead atoms. The first-order valence-corrected chi connectivity index (χ1v) is 9.07. The molecule has 6 nitrogen and oxygen atoms in total. The predicted octanol–water partition coefficient (Wildman–Crippen LogP) is 3.96. The molecule has 0 aliphatic carbocycles. The summed E-state index contributed by atoms with van der Waals surface area (Å²) < 4.78 is 6.90. The molecule has 0 unspecified atom stereocenters. The van der Waals surface area contributed by atoms with Gasteiger partial charge in [0.2, 0.25) is 5.88 Å². The highest BCUT2D eigenvalue weighted by atomic mass is 35.5. The Morgan fingerprint density at radius 1 is 1.19 bits per heavy atom. The fourth-order valence-corrected chi connectivity index (χ4v) is 3.52. The average molecular weight is 383 g/mol. The van der Waals surface area contributed by atoms with Crippen LogP contribution in [0, 0.1) is 0 Å². The van der Waals surface area contributed by atoms with Gasteiger partial charge in [-0.15, -0.1) is 0 Å². The number of carbonyl (C=O) groups excluding carboxylic acids is 1. The molecule has 0 N–H and O–H groups in total. The lowest BCUT2D eigenvalue weighted by Crippen LogP contribution is -2.31. The number of nitrogens with zero attached hydrogens (tertiary/aromatic N) is 4. The summed E-state index contributed by atoms with van der Waals surface area (Å²) in [5, 5.41) is 5.20. The first-order valence-electron chi connectivity index (χ1n) is 8.69. The van der Waals surface area contributed by atoms with Crippen LogP contribution in [0.1, 0.15) is 29.9 Å². The van der Waals surface area contributed by atoms with Crippen molar-refractivity contribution in [1.82, 2.24) is 19.7 Å². The third-order valence-electron chi connectivity index (χ3n) is 4.70. The second kappa shape index (κ2) is 6.70. The highest BCUT2D eigenvalue weighted by Crippen LogP contribution is 2.36. The molecule has 138 valence electrons. The summed E-state index contributed by atoms with van der Waals surface area (Å²) in [6.07, 6.45) is 1.73. The van der Waals surface area contributed by atoms with Crippen LogP contribution >= 0.6 is 11.6 Å². The molecule has 0 saturated heterocycles. The Morgan fingerprint density at radius 3 is 2.59 bits per heavy atom. The number of hydrogen-bond acceptors (Lipinski definition) is 4. The normalized spacial score (nSPS) is 13.4. The fourth-order valence-electron chi connectivity index (χ4n) is 3.30. The maximum atomic E-state index is 12.8. The van der Waals surface area contributed by atoms with E-state index >= 15 is 0 Å². The minimum Gasteiger partial charge on any atom is -0.481 e. The first-order chi connectivity index (χ1) is 13.0. The molecule has 1 aliphatic rings. The van der Waals surface area contributed by atoms with Crippen molar-refractivity contribution >= 4 is 17.5 Å². The molecule has 0 spiro atoms. The van der Waals surface area contributed by atoms with E-state index in [9.17, 15) is 4.79 Å². The molecule has 1 aromatic carbocycles. The van der Waals surface area contributed by atoms with Crippen molar-refractivity contribution in [1.29, 1.82) is 0 Å². The van der Waals surface area contributed by atoms with Crippen LogP contribution in [-0.4, -0.2) is 38.7 Å². The molecule has 3 heterocycles. The van der Waals surface area contributed by atoms with E-state index in [2.05, 4.69) is 10.1 Å². The Balaban J connectivity index is 1.93. The second-order valence-corrected chi connectivity index (χ2v) is 7.06. The summed E-state index contributed by atoms with van der Waals surface area (Å²) in [7, 11) is 1.58. The van der Waals surface area contributed by atoms with Crippen molar-refractivity contribution in [2.24, 2.45) is 0 Å². The molecule has 2 aromatic heterocycles. The minimum atomic E-state index is -0.0616. The van der Waals surface area contributed by atoms with Gasteiger partial charge in [0.05, 0.1) is 30.1 Å². The summed E-state index contributed by atoms with van der Waals surface area (Å²) in [5.74, 6) is 0.465. The van der Waals surface area contributed by atoms with Crippen LogP contribution in [0.25, 0.3) is 16.9 Å². The second-order valence-electron chi connectivity index (χ2n) is 6.66. The summed E-state index contributed by atoms with van der Waals surface area (Å²) in [6, 6.07) is 11.3. The molecule has 27 heavy (non-hydrogen) atoms. The van der Waals surface area contributed by atoms with E-state index in [1.165, 1.54) is 0 Å². The highest BCUT2D eigenvalue weighted by Gasteiger charge is 2.36. The zero-order valence-corrected chi connectivity index (χ0v) is 16.1. The SMILES string of the molecule is COc1ccc(-c2c3c(nn2-c2ccccc2Cl)C(=O)N(C(C)C)C3)cn1. The standard InChI is InChI=1S/C20H19ClN4O2/c1-12(2)24-11-14-18(20(24)26)23-25(16-7-5-4-6-15(16)21)19(14)13-8-9-17(27-3)22-10-13/h4-10,12H,11H2,1-3H3. The molecular weight excluding hydrogens is 364 g/mol. The van der Waals surface area contributed by atoms with Gasteiger partial charge in [-0.05, 0) is 32.0 Å². The number of pyridine rings is 1. The molecule has 7 heteroatoms. The number of halogens is 1. The largest absolute Gasteiger partial charge is 0.481 e.